The third-order valence-corrected chi connectivity index (χ3v) is 5.66. The van der Waals surface area contributed by atoms with Crippen molar-refractivity contribution >= 4 is 11.5 Å². The van der Waals surface area contributed by atoms with Crippen molar-refractivity contribution in [2.45, 2.75) is 59.4 Å². The Balaban J connectivity index is 1.49. The molecule has 1 aliphatic rings. The van der Waals surface area contributed by atoms with Gasteiger partial charge in [0.2, 0.25) is 0 Å². The fourth-order valence-corrected chi connectivity index (χ4v) is 3.99. The number of aromatic nitrogens is 5. The van der Waals surface area contributed by atoms with E-state index in [1.165, 1.54) is 0 Å². The number of hydrogen-bond donors (Lipinski definition) is 0. The highest BCUT2D eigenvalue weighted by molar-refractivity contribution is 5.52. The summed E-state index contributed by atoms with van der Waals surface area (Å²) in [6, 6.07) is 7.63. The average molecular weight is 395 g/mol. The first-order chi connectivity index (χ1) is 13.7. The maximum atomic E-state index is 12.3. The fraction of sp³-hybridized carbons (Fsp3) is 0.545. The molecule has 0 saturated carbocycles. The van der Waals surface area contributed by atoms with Crippen LogP contribution in [0.25, 0.3) is 5.65 Å². The molecule has 1 saturated heterocycles. The van der Waals surface area contributed by atoms with Crippen molar-refractivity contribution in [2.24, 2.45) is 5.92 Å². The van der Waals surface area contributed by atoms with Gasteiger partial charge in [-0.3, -0.25) is 4.79 Å². The maximum absolute atomic E-state index is 12.3. The largest absolute Gasteiger partial charge is 0.356 e. The Kier molecular flexibility index (Phi) is 4.92. The van der Waals surface area contributed by atoms with Gasteiger partial charge in [-0.1, -0.05) is 20.8 Å². The van der Waals surface area contributed by atoms with E-state index in [4.69, 9.17) is 0 Å². The van der Waals surface area contributed by atoms with Crippen LogP contribution in [0, 0.1) is 19.8 Å². The summed E-state index contributed by atoms with van der Waals surface area (Å²) in [5.41, 5.74) is 3.75. The summed E-state index contributed by atoms with van der Waals surface area (Å²) in [6.45, 7) is 13.0. The third kappa shape index (κ3) is 4.04. The van der Waals surface area contributed by atoms with E-state index in [-0.39, 0.29) is 11.0 Å². The molecule has 0 radical (unpaired) electrons. The van der Waals surface area contributed by atoms with E-state index in [9.17, 15) is 4.79 Å². The number of nitrogens with zero attached hydrogens (tertiary/aromatic N) is 6. The number of rotatable bonds is 3. The molecular formula is C22H30N6O. The Labute approximate surface area is 171 Å². The second-order valence-electron chi connectivity index (χ2n) is 9.23. The molecule has 1 fully saturated rings. The number of hydrogen-bond acceptors (Lipinski definition) is 5. The molecule has 29 heavy (non-hydrogen) atoms. The van der Waals surface area contributed by atoms with E-state index >= 15 is 0 Å². The average Bonchev–Trinajstić information content (AvgIpc) is 3.02. The van der Waals surface area contributed by atoms with E-state index in [1.807, 2.05) is 30.5 Å². The molecule has 1 aliphatic heterocycles. The summed E-state index contributed by atoms with van der Waals surface area (Å²) >= 11 is 0. The van der Waals surface area contributed by atoms with Gasteiger partial charge in [0.15, 0.2) is 5.65 Å². The van der Waals surface area contributed by atoms with Gasteiger partial charge in [-0.15, -0.1) is 0 Å². The normalized spacial score (nSPS) is 16.0. The van der Waals surface area contributed by atoms with Gasteiger partial charge in [-0.05, 0) is 38.7 Å². The predicted octanol–water partition coefficient (Wildman–Crippen LogP) is 3.12. The monoisotopic (exact) mass is 394 g/mol. The van der Waals surface area contributed by atoms with Crippen LogP contribution in [-0.2, 0) is 12.0 Å². The first-order valence-electron chi connectivity index (χ1n) is 10.4. The lowest BCUT2D eigenvalue weighted by Crippen LogP contribution is -2.38. The zero-order valence-electron chi connectivity index (χ0n) is 18.0. The second-order valence-corrected chi connectivity index (χ2v) is 9.23. The molecule has 3 aromatic heterocycles. The lowest BCUT2D eigenvalue weighted by Gasteiger charge is -2.33. The highest BCUT2D eigenvalue weighted by atomic mass is 16.1. The summed E-state index contributed by atoms with van der Waals surface area (Å²) in [7, 11) is 0. The first kappa shape index (κ1) is 19.6. The van der Waals surface area contributed by atoms with Crippen LogP contribution in [0.3, 0.4) is 0 Å². The number of fused-ring (bicyclic) bond motifs is 1. The van der Waals surface area contributed by atoms with Gasteiger partial charge in [0.25, 0.3) is 5.56 Å². The lowest BCUT2D eigenvalue weighted by molar-refractivity contribution is 0.329. The molecule has 154 valence electrons. The molecule has 0 aromatic carbocycles. The molecule has 0 bridgehead atoms. The van der Waals surface area contributed by atoms with E-state index in [1.54, 1.807) is 10.7 Å². The zero-order valence-corrected chi connectivity index (χ0v) is 18.0. The molecule has 0 N–H and O–H groups in total. The topological polar surface area (TPSA) is 68.3 Å². The Morgan fingerprint density at radius 2 is 1.76 bits per heavy atom. The molecular weight excluding hydrogens is 364 g/mol. The Morgan fingerprint density at radius 1 is 1.03 bits per heavy atom. The van der Waals surface area contributed by atoms with Crippen molar-refractivity contribution in [1.29, 1.82) is 0 Å². The minimum Gasteiger partial charge on any atom is -0.356 e. The first-order valence-corrected chi connectivity index (χ1v) is 10.4. The van der Waals surface area contributed by atoms with E-state index in [0.717, 1.165) is 54.5 Å². The SMILES string of the molecule is Cc1cc(N2CCC(Cn3nc(C(C)(C)C)ccc3=O)CC2)n2nc(C)cc2n1. The fourth-order valence-electron chi connectivity index (χ4n) is 3.99. The quantitative estimate of drug-likeness (QED) is 0.683. The van der Waals surface area contributed by atoms with Gasteiger partial charge in [0.1, 0.15) is 5.82 Å². The summed E-state index contributed by atoms with van der Waals surface area (Å²) < 4.78 is 3.61. The molecule has 0 spiro atoms. The van der Waals surface area contributed by atoms with Gasteiger partial charge in [-0.25, -0.2) is 9.67 Å². The molecule has 3 aromatic rings. The number of aryl methyl sites for hydroxylation is 2. The summed E-state index contributed by atoms with van der Waals surface area (Å²) in [5, 5.41) is 9.26. The Morgan fingerprint density at radius 3 is 2.45 bits per heavy atom. The van der Waals surface area contributed by atoms with Crippen LogP contribution in [0.5, 0.6) is 0 Å². The lowest BCUT2D eigenvalue weighted by atomic mass is 9.92. The van der Waals surface area contributed by atoms with Crippen LogP contribution in [0.4, 0.5) is 5.82 Å². The summed E-state index contributed by atoms with van der Waals surface area (Å²) in [4.78, 5) is 19.3. The number of piperidine rings is 1. The Hall–Kier alpha value is -2.70. The van der Waals surface area contributed by atoms with Gasteiger partial charge >= 0.3 is 0 Å². The number of anilines is 1. The smallest absolute Gasteiger partial charge is 0.266 e. The highest BCUT2D eigenvalue weighted by Gasteiger charge is 2.24. The van der Waals surface area contributed by atoms with Gasteiger partial charge in [0, 0.05) is 48.9 Å². The van der Waals surface area contributed by atoms with Crippen LogP contribution in [0.2, 0.25) is 0 Å². The molecule has 7 heteroatoms. The minimum atomic E-state index is -0.0642. The molecule has 4 rings (SSSR count). The van der Waals surface area contributed by atoms with Crippen molar-refractivity contribution in [3.63, 3.8) is 0 Å². The molecule has 0 atom stereocenters. The standard InChI is InChI=1S/C22H30N6O/c1-15-13-20(28-19(23-15)12-16(2)24-28)26-10-8-17(9-11-26)14-27-21(29)7-6-18(25-27)22(3,4)5/h6-7,12-13,17H,8-11,14H2,1-5H3. The summed E-state index contributed by atoms with van der Waals surface area (Å²) in [6.07, 6.45) is 2.05. The van der Waals surface area contributed by atoms with Crippen LogP contribution in [0.1, 0.15) is 50.7 Å². The highest BCUT2D eigenvalue weighted by Crippen LogP contribution is 2.25. The molecule has 0 amide bonds. The van der Waals surface area contributed by atoms with Gasteiger partial charge < -0.3 is 4.90 Å². The molecule has 4 heterocycles. The second kappa shape index (κ2) is 7.28. The molecule has 0 aliphatic carbocycles. The van der Waals surface area contributed by atoms with Crippen molar-refractivity contribution in [3.05, 3.63) is 51.7 Å². The van der Waals surface area contributed by atoms with Gasteiger partial charge in [-0.2, -0.15) is 14.7 Å². The summed E-state index contributed by atoms with van der Waals surface area (Å²) in [5.74, 6) is 1.55. The van der Waals surface area contributed by atoms with Crippen LogP contribution < -0.4 is 10.5 Å². The van der Waals surface area contributed by atoms with E-state index in [0.29, 0.717) is 12.5 Å². The molecule has 0 unspecified atom stereocenters. The van der Waals surface area contributed by atoms with Crippen molar-refractivity contribution in [2.75, 3.05) is 18.0 Å². The van der Waals surface area contributed by atoms with Crippen LogP contribution in [-0.4, -0.2) is 37.5 Å². The van der Waals surface area contributed by atoms with E-state index in [2.05, 4.69) is 46.9 Å². The molecule has 7 nitrogen and oxygen atoms in total. The van der Waals surface area contributed by atoms with Crippen LogP contribution in [0.15, 0.2) is 29.1 Å². The van der Waals surface area contributed by atoms with Gasteiger partial charge in [0.05, 0.1) is 11.4 Å². The minimum absolute atomic E-state index is 0.0149. The Bertz CT molecular complexity index is 1080. The van der Waals surface area contributed by atoms with E-state index < -0.39 is 0 Å². The van der Waals surface area contributed by atoms with Crippen molar-refractivity contribution in [3.8, 4) is 0 Å². The predicted molar refractivity (Wildman–Crippen MR) is 115 cm³/mol. The zero-order chi connectivity index (χ0) is 20.8. The van der Waals surface area contributed by atoms with Crippen molar-refractivity contribution in [1.82, 2.24) is 24.4 Å². The maximum Gasteiger partial charge on any atom is 0.266 e. The van der Waals surface area contributed by atoms with Crippen LogP contribution >= 0.6 is 0 Å². The van der Waals surface area contributed by atoms with Crippen molar-refractivity contribution < 1.29 is 0 Å². The third-order valence-electron chi connectivity index (χ3n) is 5.66.